The Morgan fingerprint density at radius 1 is 1.04 bits per heavy atom. The zero-order valence-corrected chi connectivity index (χ0v) is 16.8. The molecule has 8 nitrogen and oxygen atoms in total. The van der Waals surface area contributed by atoms with E-state index in [4.69, 9.17) is 4.74 Å². The van der Waals surface area contributed by atoms with Gasteiger partial charge in [-0.3, -0.25) is 9.69 Å². The Morgan fingerprint density at radius 2 is 1.64 bits per heavy atom. The van der Waals surface area contributed by atoms with Crippen LogP contribution < -0.4 is 15.1 Å². The number of ether oxygens (including phenoxy) is 1. The van der Waals surface area contributed by atoms with Crippen LogP contribution >= 0.6 is 0 Å². The van der Waals surface area contributed by atoms with Crippen molar-refractivity contribution in [2.24, 2.45) is 0 Å². The van der Waals surface area contributed by atoms with Gasteiger partial charge in [-0.25, -0.2) is 9.97 Å². The maximum absolute atomic E-state index is 12.6. The molecule has 154 valence electrons. The third-order valence-corrected chi connectivity index (χ3v) is 6.24. The van der Waals surface area contributed by atoms with Crippen molar-refractivity contribution < 1.29 is 9.53 Å². The number of hydrogen-bond donors (Lipinski definition) is 1. The summed E-state index contributed by atoms with van der Waals surface area (Å²) in [7, 11) is 0. The Bertz CT molecular complexity index is 652. The number of nitrogens with one attached hydrogen (secondary N) is 1. The smallest absolute Gasteiger partial charge is 0.237 e. The highest BCUT2D eigenvalue weighted by molar-refractivity contribution is 5.81. The van der Waals surface area contributed by atoms with Crippen LogP contribution in [0.2, 0.25) is 0 Å². The van der Waals surface area contributed by atoms with Gasteiger partial charge in [0.2, 0.25) is 5.91 Å². The molecule has 1 saturated carbocycles. The minimum absolute atomic E-state index is 0.0722. The summed E-state index contributed by atoms with van der Waals surface area (Å²) in [5.41, 5.74) is 0. The molecule has 3 heterocycles. The fourth-order valence-electron chi connectivity index (χ4n) is 4.37. The average Bonchev–Trinajstić information content (AvgIpc) is 3.27. The van der Waals surface area contributed by atoms with Crippen molar-refractivity contribution in [3.05, 3.63) is 12.4 Å². The molecule has 3 aliphatic rings. The summed E-state index contributed by atoms with van der Waals surface area (Å²) in [6.45, 7) is 8.77. The lowest BCUT2D eigenvalue weighted by Crippen LogP contribution is -2.55. The van der Waals surface area contributed by atoms with Gasteiger partial charge in [0.15, 0.2) is 0 Å². The molecule has 2 aliphatic heterocycles. The van der Waals surface area contributed by atoms with Gasteiger partial charge in [0.05, 0.1) is 19.3 Å². The lowest BCUT2D eigenvalue weighted by molar-refractivity contribution is -0.126. The van der Waals surface area contributed by atoms with E-state index in [-0.39, 0.29) is 11.9 Å². The second kappa shape index (κ2) is 9.05. The maximum Gasteiger partial charge on any atom is 0.237 e. The summed E-state index contributed by atoms with van der Waals surface area (Å²) in [6.07, 6.45) is 6.40. The molecule has 1 aliphatic carbocycles. The average molecular weight is 389 g/mol. The van der Waals surface area contributed by atoms with E-state index in [9.17, 15) is 4.79 Å². The molecule has 1 atom stereocenters. The second-order valence-electron chi connectivity index (χ2n) is 8.02. The normalized spacial score (nSPS) is 23.0. The van der Waals surface area contributed by atoms with Gasteiger partial charge in [0, 0.05) is 51.4 Å². The molecular weight excluding hydrogens is 356 g/mol. The summed E-state index contributed by atoms with van der Waals surface area (Å²) in [5.74, 6) is 2.12. The number of hydrogen-bond acceptors (Lipinski definition) is 7. The van der Waals surface area contributed by atoms with E-state index in [0.717, 1.165) is 77.0 Å². The SMILES string of the molecule is CC(C(=O)NC1CCCC1)N1CCN(c2cc(N3CCOCC3)ncn2)CC1. The van der Waals surface area contributed by atoms with Crippen LogP contribution in [0.1, 0.15) is 32.6 Å². The zero-order valence-electron chi connectivity index (χ0n) is 16.8. The first-order valence-electron chi connectivity index (χ1n) is 10.6. The number of carbonyl (C=O) groups excluding carboxylic acids is 1. The first-order valence-corrected chi connectivity index (χ1v) is 10.6. The molecule has 3 fully saturated rings. The van der Waals surface area contributed by atoms with Crippen molar-refractivity contribution in [2.75, 3.05) is 62.3 Å². The molecule has 0 aromatic carbocycles. The number of aromatic nitrogens is 2. The molecular formula is C20H32N6O2. The third-order valence-electron chi connectivity index (χ3n) is 6.24. The lowest BCUT2D eigenvalue weighted by atomic mass is 10.2. The standard InChI is InChI=1S/C20H32N6O2/c1-16(20(27)23-17-4-2-3-5-17)24-6-8-25(9-7-24)18-14-19(22-15-21-18)26-10-12-28-13-11-26/h14-17H,2-13H2,1H3,(H,23,27). The third kappa shape index (κ3) is 4.55. The number of nitrogens with zero attached hydrogens (tertiary/aromatic N) is 5. The molecule has 1 aromatic rings. The fraction of sp³-hybridized carbons (Fsp3) is 0.750. The van der Waals surface area contributed by atoms with Crippen LogP contribution in [-0.2, 0) is 9.53 Å². The number of rotatable bonds is 5. The van der Waals surface area contributed by atoms with Crippen molar-refractivity contribution in [3.63, 3.8) is 0 Å². The van der Waals surface area contributed by atoms with Gasteiger partial charge < -0.3 is 19.9 Å². The van der Waals surface area contributed by atoms with Crippen LogP contribution in [0.15, 0.2) is 12.4 Å². The molecule has 28 heavy (non-hydrogen) atoms. The monoisotopic (exact) mass is 388 g/mol. The van der Waals surface area contributed by atoms with Crippen molar-refractivity contribution in [1.29, 1.82) is 0 Å². The summed E-state index contributed by atoms with van der Waals surface area (Å²) >= 11 is 0. The molecule has 4 rings (SSSR count). The Labute approximate surface area is 167 Å². The van der Waals surface area contributed by atoms with Gasteiger partial charge in [-0.15, -0.1) is 0 Å². The van der Waals surface area contributed by atoms with Crippen LogP contribution in [0.4, 0.5) is 11.6 Å². The molecule has 2 saturated heterocycles. The van der Waals surface area contributed by atoms with Crippen LogP contribution in [0.25, 0.3) is 0 Å². The molecule has 1 amide bonds. The Kier molecular flexibility index (Phi) is 6.26. The lowest BCUT2D eigenvalue weighted by Gasteiger charge is -2.38. The van der Waals surface area contributed by atoms with Crippen LogP contribution in [0.3, 0.4) is 0 Å². The van der Waals surface area contributed by atoms with Crippen LogP contribution in [0, 0.1) is 0 Å². The quantitative estimate of drug-likeness (QED) is 0.803. The largest absolute Gasteiger partial charge is 0.378 e. The van der Waals surface area contributed by atoms with E-state index >= 15 is 0 Å². The minimum Gasteiger partial charge on any atom is -0.378 e. The first kappa shape index (κ1) is 19.4. The predicted molar refractivity (Wildman–Crippen MR) is 109 cm³/mol. The van der Waals surface area contributed by atoms with Gasteiger partial charge in [0.25, 0.3) is 0 Å². The van der Waals surface area contributed by atoms with Crippen molar-refractivity contribution in [3.8, 4) is 0 Å². The van der Waals surface area contributed by atoms with Crippen molar-refractivity contribution in [1.82, 2.24) is 20.2 Å². The van der Waals surface area contributed by atoms with E-state index in [0.29, 0.717) is 6.04 Å². The second-order valence-corrected chi connectivity index (χ2v) is 8.02. The van der Waals surface area contributed by atoms with Crippen LogP contribution in [0.5, 0.6) is 0 Å². The molecule has 0 spiro atoms. The number of anilines is 2. The van der Waals surface area contributed by atoms with E-state index < -0.39 is 0 Å². The van der Waals surface area contributed by atoms with E-state index in [1.807, 2.05) is 6.92 Å². The summed E-state index contributed by atoms with van der Waals surface area (Å²) in [6, 6.07) is 2.39. The highest BCUT2D eigenvalue weighted by Crippen LogP contribution is 2.21. The molecule has 1 unspecified atom stereocenters. The van der Waals surface area contributed by atoms with Gasteiger partial charge >= 0.3 is 0 Å². The van der Waals surface area contributed by atoms with Crippen molar-refractivity contribution in [2.45, 2.75) is 44.7 Å². The summed E-state index contributed by atoms with van der Waals surface area (Å²) in [4.78, 5) is 28.3. The number of carbonyl (C=O) groups is 1. The predicted octanol–water partition coefficient (Wildman–Crippen LogP) is 0.883. The van der Waals surface area contributed by atoms with Gasteiger partial charge in [0.1, 0.15) is 18.0 Å². The molecule has 1 N–H and O–H groups in total. The summed E-state index contributed by atoms with van der Waals surface area (Å²) < 4.78 is 5.43. The van der Waals surface area contributed by atoms with E-state index in [1.54, 1.807) is 6.33 Å². The number of amides is 1. The van der Waals surface area contributed by atoms with Gasteiger partial charge in [-0.2, -0.15) is 0 Å². The first-order chi connectivity index (χ1) is 13.7. The van der Waals surface area contributed by atoms with Gasteiger partial charge in [-0.1, -0.05) is 12.8 Å². The highest BCUT2D eigenvalue weighted by Gasteiger charge is 2.28. The topological polar surface area (TPSA) is 73.8 Å². The number of morpholine rings is 1. The Balaban J connectivity index is 1.30. The minimum atomic E-state index is -0.0722. The molecule has 1 aromatic heterocycles. The zero-order chi connectivity index (χ0) is 19.3. The summed E-state index contributed by atoms with van der Waals surface area (Å²) in [5, 5.41) is 3.23. The fourth-order valence-corrected chi connectivity index (χ4v) is 4.37. The van der Waals surface area contributed by atoms with Gasteiger partial charge in [-0.05, 0) is 19.8 Å². The van der Waals surface area contributed by atoms with E-state index in [2.05, 4.69) is 36.1 Å². The van der Waals surface area contributed by atoms with E-state index in [1.165, 1.54) is 12.8 Å². The maximum atomic E-state index is 12.6. The molecule has 8 heteroatoms. The molecule has 0 bridgehead atoms. The van der Waals surface area contributed by atoms with Crippen molar-refractivity contribution >= 4 is 17.5 Å². The van der Waals surface area contributed by atoms with Crippen LogP contribution in [-0.4, -0.2) is 85.3 Å². The highest BCUT2D eigenvalue weighted by atomic mass is 16.5. The number of piperazine rings is 1. The Hall–Kier alpha value is -1.93. The Morgan fingerprint density at radius 3 is 2.29 bits per heavy atom. The molecule has 0 radical (unpaired) electrons.